The number of alkyl halides is 1. The molecule has 4 rings (SSSR count). The Hall–Kier alpha value is -2.74. The van der Waals surface area contributed by atoms with Gasteiger partial charge in [-0.2, -0.15) is 5.10 Å². The highest BCUT2D eigenvalue weighted by molar-refractivity contribution is 6.31. The lowest BCUT2D eigenvalue weighted by Crippen LogP contribution is -2.60. The molecule has 27 heavy (non-hydrogen) atoms. The Morgan fingerprint density at radius 3 is 2.74 bits per heavy atom. The number of nitrogens with zero attached hydrogens (tertiary/aromatic N) is 4. The normalized spacial score (nSPS) is 15.8. The molecule has 0 radical (unpaired) electrons. The summed E-state index contributed by atoms with van der Waals surface area (Å²) in [6.45, 7) is 1.28. The van der Waals surface area contributed by atoms with E-state index in [2.05, 4.69) is 5.10 Å². The van der Waals surface area contributed by atoms with E-state index >= 15 is 0 Å². The van der Waals surface area contributed by atoms with E-state index in [0.717, 1.165) is 0 Å². The Morgan fingerprint density at radius 1 is 1.33 bits per heavy atom. The Bertz CT molecular complexity index is 1110. The molecule has 0 aliphatic carbocycles. The van der Waals surface area contributed by atoms with E-state index in [1.54, 1.807) is 6.20 Å². The second-order valence-corrected chi connectivity index (χ2v) is 7.28. The standard InChI is InChI=1S/C18H15ClF2N4O2/c1-18(21)9-24(10-18)15(26)8-23-4-5-25-16(17(23)27)12(7-22-25)11-2-3-14(20)13(19)6-11/h2-7H,8-10H2,1H3. The molecule has 1 saturated heterocycles. The van der Waals surface area contributed by atoms with Gasteiger partial charge in [-0.3, -0.25) is 9.59 Å². The third-order valence-corrected chi connectivity index (χ3v) is 4.87. The van der Waals surface area contributed by atoms with Crippen molar-refractivity contribution in [2.75, 3.05) is 13.1 Å². The fraction of sp³-hybridized carbons (Fsp3) is 0.278. The first kappa shape index (κ1) is 17.7. The van der Waals surface area contributed by atoms with Crippen LogP contribution in [0.25, 0.3) is 16.6 Å². The molecule has 0 saturated carbocycles. The second kappa shape index (κ2) is 6.16. The van der Waals surface area contributed by atoms with Gasteiger partial charge in [-0.1, -0.05) is 17.7 Å². The summed E-state index contributed by atoms with van der Waals surface area (Å²) in [4.78, 5) is 26.5. The first-order valence-electron chi connectivity index (χ1n) is 8.24. The summed E-state index contributed by atoms with van der Waals surface area (Å²) < 4.78 is 29.7. The Balaban J connectivity index is 1.70. The summed E-state index contributed by atoms with van der Waals surface area (Å²) in [7, 11) is 0. The minimum atomic E-state index is -1.37. The van der Waals surface area contributed by atoms with Gasteiger partial charge in [-0.05, 0) is 24.6 Å². The highest BCUT2D eigenvalue weighted by Crippen LogP contribution is 2.27. The highest BCUT2D eigenvalue weighted by Gasteiger charge is 2.41. The van der Waals surface area contributed by atoms with Crippen molar-refractivity contribution in [2.24, 2.45) is 0 Å². The number of carbonyl (C=O) groups is 1. The van der Waals surface area contributed by atoms with Gasteiger partial charge < -0.3 is 9.47 Å². The average Bonchev–Trinajstić information content (AvgIpc) is 3.02. The predicted molar refractivity (Wildman–Crippen MR) is 95.9 cm³/mol. The van der Waals surface area contributed by atoms with Gasteiger partial charge in [-0.15, -0.1) is 0 Å². The van der Waals surface area contributed by atoms with Crippen LogP contribution in [0.3, 0.4) is 0 Å². The van der Waals surface area contributed by atoms with E-state index in [4.69, 9.17) is 11.6 Å². The van der Waals surface area contributed by atoms with Crippen LogP contribution >= 0.6 is 11.6 Å². The van der Waals surface area contributed by atoms with Crippen molar-refractivity contribution in [3.8, 4) is 11.1 Å². The molecular weight excluding hydrogens is 378 g/mol. The lowest BCUT2D eigenvalue weighted by atomic mass is 9.99. The van der Waals surface area contributed by atoms with Crippen LogP contribution in [0.15, 0.2) is 41.6 Å². The van der Waals surface area contributed by atoms with Gasteiger partial charge in [0.2, 0.25) is 5.91 Å². The molecule has 1 aliphatic rings. The molecule has 0 atom stereocenters. The van der Waals surface area contributed by atoms with Gasteiger partial charge in [-0.25, -0.2) is 13.3 Å². The summed E-state index contributed by atoms with van der Waals surface area (Å²) in [6, 6.07) is 4.13. The fourth-order valence-electron chi connectivity index (χ4n) is 3.21. The molecule has 3 heterocycles. The van der Waals surface area contributed by atoms with E-state index in [1.807, 2.05) is 0 Å². The minimum absolute atomic E-state index is 0.0227. The zero-order valence-electron chi connectivity index (χ0n) is 14.3. The number of hydrogen-bond acceptors (Lipinski definition) is 3. The van der Waals surface area contributed by atoms with Crippen molar-refractivity contribution in [1.82, 2.24) is 19.1 Å². The zero-order valence-corrected chi connectivity index (χ0v) is 15.1. The zero-order chi connectivity index (χ0) is 19.3. The number of aromatic nitrogens is 3. The number of likely N-dealkylation sites (tertiary alicyclic amines) is 1. The number of hydrogen-bond donors (Lipinski definition) is 0. The molecule has 1 amide bonds. The summed E-state index contributed by atoms with van der Waals surface area (Å²) in [5.41, 5.74) is -0.544. The molecule has 0 bridgehead atoms. The van der Waals surface area contributed by atoms with Gasteiger partial charge in [0.25, 0.3) is 5.56 Å². The van der Waals surface area contributed by atoms with Gasteiger partial charge >= 0.3 is 0 Å². The Kier molecular flexibility index (Phi) is 4.03. The van der Waals surface area contributed by atoms with Crippen LogP contribution in [0.1, 0.15) is 6.92 Å². The molecule has 1 fully saturated rings. The van der Waals surface area contributed by atoms with Crippen molar-refractivity contribution in [3.05, 3.63) is 58.0 Å². The third-order valence-electron chi connectivity index (χ3n) is 4.58. The van der Waals surface area contributed by atoms with Gasteiger partial charge in [0.1, 0.15) is 23.5 Å². The van der Waals surface area contributed by atoms with Gasteiger partial charge in [0.05, 0.1) is 24.3 Å². The monoisotopic (exact) mass is 392 g/mol. The summed E-state index contributed by atoms with van der Waals surface area (Å²) in [6.07, 6.45) is 4.49. The number of carbonyl (C=O) groups excluding carboxylic acids is 1. The van der Waals surface area contributed by atoms with Crippen molar-refractivity contribution >= 4 is 23.0 Å². The van der Waals surface area contributed by atoms with Crippen LogP contribution in [0.5, 0.6) is 0 Å². The van der Waals surface area contributed by atoms with E-state index in [9.17, 15) is 18.4 Å². The number of halogens is 3. The molecule has 2 aromatic heterocycles. The molecule has 1 aromatic carbocycles. The Labute approximate surface area is 157 Å². The highest BCUT2D eigenvalue weighted by atomic mass is 35.5. The topological polar surface area (TPSA) is 59.6 Å². The van der Waals surface area contributed by atoms with Crippen LogP contribution < -0.4 is 5.56 Å². The largest absolute Gasteiger partial charge is 0.335 e. The van der Waals surface area contributed by atoms with E-state index in [1.165, 1.54) is 51.5 Å². The lowest BCUT2D eigenvalue weighted by Gasteiger charge is -2.42. The molecule has 0 unspecified atom stereocenters. The molecule has 0 spiro atoms. The third kappa shape index (κ3) is 3.10. The number of amides is 1. The van der Waals surface area contributed by atoms with E-state index < -0.39 is 17.0 Å². The molecule has 140 valence electrons. The first-order chi connectivity index (χ1) is 12.7. The Morgan fingerprint density at radius 2 is 2.07 bits per heavy atom. The summed E-state index contributed by atoms with van der Waals surface area (Å²) in [5.74, 6) is -0.892. The van der Waals surface area contributed by atoms with E-state index in [-0.39, 0.29) is 36.1 Å². The first-order valence-corrected chi connectivity index (χ1v) is 8.62. The smallest absolute Gasteiger partial charge is 0.277 e. The van der Waals surface area contributed by atoms with Crippen molar-refractivity contribution in [2.45, 2.75) is 19.1 Å². The number of fused-ring (bicyclic) bond motifs is 1. The lowest BCUT2D eigenvalue weighted by molar-refractivity contribution is -0.144. The maximum atomic E-state index is 13.6. The van der Waals surface area contributed by atoms with Crippen LogP contribution in [-0.4, -0.2) is 43.7 Å². The predicted octanol–water partition coefficient (Wildman–Crippen LogP) is 2.53. The van der Waals surface area contributed by atoms with E-state index in [0.29, 0.717) is 11.1 Å². The quantitative estimate of drug-likeness (QED) is 0.688. The van der Waals surface area contributed by atoms with Crippen LogP contribution in [0.4, 0.5) is 8.78 Å². The summed E-state index contributed by atoms with van der Waals surface area (Å²) >= 11 is 5.84. The van der Waals surface area contributed by atoms with Gasteiger partial charge in [0, 0.05) is 18.0 Å². The SMILES string of the molecule is CC1(F)CN(C(=O)Cn2ccn3ncc(-c4ccc(F)c(Cl)c4)c3c2=O)C1. The number of rotatable bonds is 3. The van der Waals surface area contributed by atoms with Crippen LogP contribution in [0, 0.1) is 5.82 Å². The summed E-state index contributed by atoms with van der Waals surface area (Å²) in [5, 5.41) is 4.07. The minimum Gasteiger partial charge on any atom is -0.335 e. The number of benzene rings is 1. The maximum absolute atomic E-state index is 13.6. The molecule has 3 aromatic rings. The average molecular weight is 393 g/mol. The molecular formula is C18H15ClF2N4O2. The van der Waals surface area contributed by atoms with Crippen molar-refractivity contribution in [1.29, 1.82) is 0 Å². The molecule has 1 aliphatic heterocycles. The van der Waals surface area contributed by atoms with Crippen molar-refractivity contribution in [3.63, 3.8) is 0 Å². The van der Waals surface area contributed by atoms with Crippen LogP contribution in [0.2, 0.25) is 5.02 Å². The molecule has 0 N–H and O–H groups in total. The fourth-order valence-corrected chi connectivity index (χ4v) is 3.39. The van der Waals surface area contributed by atoms with Gasteiger partial charge in [0.15, 0.2) is 0 Å². The molecule has 9 heteroatoms. The van der Waals surface area contributed by atoms with Crippen molar-refractivity contribution < 1.29 is 13.6 Å². The maximum Gasteiger partial charge on any atom is 0.277 e. The second-order valence-electron chi connectivity index (χ2n) is 6.87. The van der Waals surface area contributed by atoms with Crippen LogP contribution in [-0.2, 0) is 11.3 Å². The molecule has 6 nitrogen and oxygen atoms in total.